The number of amides is 2. The third kappa shape index (κ3) is 5.13. The molecule has 1 fully saturated rings. The number of ether oxygens (including phenoxy) is 1. The van der Waals surface area contributed by atoms with E-state index in [2.05, 4.69) is 22.3 Å². The van der Waals surface area contributed by atoms with Crippen molar-refractivity contribution in [2.75, 3.05) is 33.3 Å². The molecular formula is C30H31N3O5. The van der Waals surface area contributed by atoms with Gasteiger partial charge in [-0.15, -0.1) is 0 Å². The Kier molecular flexibility index (Phi) is 7.15. The van der Waals surface area contributed by atoms with E-state index in [4.69, 9.17) is 4.74 Å². The highest BCUT2D eigenvalue weighted by molar-refractivity contribution is 5.92. The molecule has 8 heteroatoms. The number of hydrogen-bond acceptors (Lipinski definition) is 5. The maximum atomic E-state index is 13.5. The molecule has 196 valence electrons. The van der Waals surface area contributed by atoms with Crippen LogP contribution in [0.3, 0.4) is 0 Å². The quantitative estimate of drug-likeness (QED) is 0.477. The van der Waals surface area contributed by atoms with E-state index in [9.17, 15) is 19.5 Å². The zero-order valence-corrected chi connectivity index (χ0v) is 21.3. The molecule has 38 heavy (non-hydrogen) atoms. The summed E-state index contributed by atoms with van der Waals surface area (Å²) in [5.74, 6) is -1.66. The molecule has 2 aliphatic rings. The highest BCUT2D eigenvalue weighted by Gasteiger charge is 2.48. The first kappa shape index (κ1) is 25.5. The van der Waals surface area contributed by atoms with Gasteiger partial charge < -0.3 is 20.1 Å². The highest BCUT2D eigenvalue weighted by Crippen LogP contribution is 2.44. The number of rotatable bonds is 8. The number of carbonyl (C=O) groups excluding carboxylic acids is 2. The summed E-state index contributed by atoms with van der Waals surface area (Å²) in [5.41, 5.74) is 4.28. The van der Waals surface area contributed by atoms with Gasteiger partial charge in [0.2, 0.25) is 5.91 Å². The lowest BCUT2D eigenvalue weighted by Gasteiger charge is -2.32. The van der Waals surface area contributed by atoms with Crippen LogP contribution in [0.25, 0.3) is 11.1 Å². The number of carboxylic acid groups (broad SMARTS) is 1. The molecule has 2 N–H and O–H groups in total. The Hall–Kier alpha value is -4.17. The van der Waals surface area contributed by atoms with Crippen molar-refractivity contribution < 1.29 is 24.2 Å². The van der Waals surface area contributed by atoms with Gasteiger partial charge in [-0.2, -0.15) is 0 Å². The number of nitrogens with one attached hydrogen (secondary N) is 1. The molecule has 0 radical (unpaired) electrons. The van der Waals surface area contributed by atoms with Gasteiger partial charge in [-0.05, 0) is 34.2 Å². The molecular weight excluding hydrogens is 482 g/mol. The minimum atomic E-state index is -1.28. The number of nitrogens with zero attached hydrogens (tertiary/aromatic N) is 2. The largest absolute Gasteiger partial charge is 0.480 e. The van der Waals surface area contributed by atoms with Gasteiger partial charge in [-0.3, -0.25) is 14.5 Å². The summed E-state index contributed by atoms with van der Waals surface area (Å²) in [6, 6.07) is 26.1. The monoisotopic (exact) mass is 513 g/mol. The van der Waals surface area contributed by atoms with Crippen LogP contribution < -0.4 is 5.32 Å². The van der Waals surface area contributed by atoms with E-state index in [0.29, 0.717) is 19.5 Å². The van der Waals surface area contributed by atoms with Gasteiger partial charge in [0.15, 0.2) is 0 Å². The molecule has 0 saturated carbocycles. The number of aliphatic carboxylic acids is 1. The third-order valence-electron chi connectivity index (χ3n) is 7.41. The number of alkyl carbamates (subject to hydrolysis) is 1. The second-order valence-electron chi connectivity index (χ2n) is 10.0. The molecule has 1 unspecified atom stereocenters. The first-order valence-electron chi connectivity index (χ1n) is 12.7. The van der Waals surface area contributed by atoms with Crippen molar-refractivity contribution in [1.82, 2.24) is 15.1 Å². The molecule has 1 heterocycles. The summed E-state index contributed by atoms with van der Waals surface area (Å²) in [5, 5.41) is 12.1. The lowest BCUT2D eigenvalue weighted by molar-refractivity contribution is -0.146. The number of hydrogen-bond donors (Lipinski definition) is 2. The van der Waals surface area contributed by atoms with E-state index >= 15 is 0 Å². The van der Waals surface area contributed by atoms with Crippen LogP contribution in [0.1, 0.15) is 29.0 Å². The highest BCUT2D eigenvalue weighted by atomic mass is 16.5. The van der Waals surface area contributed by atoms with E-state index < -0.39 is 30.1 Å². The molecule has 3 aromatic carbocycles. The Morgan fingerprint density at radius 1 is 0.974 bits per heavy atom. The summed E-state index contributed by atoms with van der Waals surface area (Å²) < 4.78 is 5.74. The van der Waals surface area contributed by atoms with Gasteiger partial charge in [-0.1, -0.05) is 78.9 Å². The molecule has 0 spiro atoms. The molecule has 2 amide bonds. The molecule has 3 aromatic rings. The number of benzene rings is 3. The first-order chi connectivity index (χ1) is 18.4. The molecule has 8 nitrogen and oxygen atoms in total. The van der Waals surface area contributed by atoms with Crippen molar-refractivity contribution >= 4 is 18.0 Å². The Labute approximate surface area is 221 Å². The van der Waals surface area contributed by atoms with E-state index in [-0.39, 0.29) is 19.1 Å². The fraction of sp³-hybridized carbons (Fsp3) is 0.300. The van der Waals surface area contributed by atoms with Crippen LogP contribution in [0, 0.1) is 0 Å². The van der Waals surface area contributed by atoms with Crippen LogP contribution in [-0.2, 0) is 20.9 Å². The normalized spacial score (nSPS) is 18.4. The van der Waals surface area contributed by atoms with Crippen LogP contribution in [0.5, 0.6) is 0 Å². The standard InChI is InChI=1S/C30H31N3O5/c1-32(18-27(34)35)28(36)30(15-16-33(20-30)17-21-9-3-2-4-10-21)31-29(37)38-19-26-24-13-7-5-11-22(24)23-12-6-8-14-25(23)26/h2-14,26H,15-20H2,1H3,(H,31,37)(H,34,35). The fourth-order valence-corrected chi connectivity index (χ4v) is 5.67. The molecule has 1 atom stereocenters. The number of likely N-dealkylation sites (tertiary alicyclic amines) is 1. The van der Waals surface area contributed by atoms with Crippen molar-refractivity contribution in [3.05, 3.63) is 95.6 Å². The maximum Gasteiger partial charge on any atom is 0.408 e. The summed E-state index contributed by atoms with van der Waals surface area (Å²) in [6.07, 6.45) is -0.335. The van der Waals surface area contributed by atoms with Gasteiger partial charge in [-0.25, -0.2) is 4.79 Å². The minimum absolute atomic E-state index is 0.104. The van der Waals surface area contributed by atoms with E-state index in [0.717, 1.165) is 32.7 Å². The zero-order valence-electron chi connectivity index (χ0n) is 21.3. The van der Waals surface area contributed by atoms with Crippen LogP contribution >= 0.6 is 0 Å². The summed E-state index contributed by atoms with van der Waals surface area (Å²) in [4.78, 5) is 41.2. The Morgan fingerprint density at radius 2 is 1.58 bits per heavy atom. The predicted octanol–water partition coefficient (Wildman–Crippen LogP) is 3.71. The molecule has 5 rings (SSSR count). The molecule has 1 aliphatic heterocycles. The molecule has 0 bridgehead atoms. The number of carbonyl (C=O) groups is 3. The van der Waals surface area contributed by atoms with Crippen molar-refractivity contribution in [3.63, 3.8) is 0 Å². The SMILES string of the molecule is CN(CC(=O)O)C(=O)C1(NC(=O)OCC2c3ccccc3-c3ccccc32)CCN(Cc2ccccc2)C1. The molecule has 0 aromatic heterocycles. The summed E-state index contributed by atoms with van der Waals surface area (Å²) in [6.45, 7) is 1.12. The number of carboxylic acids is 1. The topological polar surface area (TPSA) is 99.2 Å². The van der Waals surface area contributed by atoms with Gasteiger partial charge in [0.25, 0.3) is 0 Å². The van der Waals surface area contributed by atoms with E-state index in [1.54, 1.807) is 0 Å². The van der Waals surface area contributed by atoms with Gasteiger partial charge in [0, 0.05) is 32.6 Å². The van der Waals surface area contributed by atoms with Crippen molar-refractivity contribution in [3.8, 4) is 11.1 Å². The average Bonchev–Trinajstić information content (AvgIpc) is 3.46. The van der Waals surface area contributed by atoms with Crippen molar-refractivity contribution in [2.24, 2.45) is 0 Å². The van der Waals surface area contributed by atoms with Gasteiger partial charge >= 0.3 is 12.1 Å². The minimum Gasteiger partial charge on any atom is -0.480 e. The summed E-state index contributed by atoms with van der Waals surface area (Å²) >= 11 is 0. The van der Waals surface area contributed by atoms with Crippen LogP contribution in [-0.4, -0.2) is 71.7 Å². The summed E-state index contributed by atoms with van der Waals surface area (Å²) in [7, 11) is 1.44. The number of likely N-dealkylation sites (N-methyl/N-ethyl adjacent to an activating group) is 1. The van der Waals surface area contributed by atoms with Crippen LogP contribution in [0.2, 0.25) is 0 Å². The van der Waals surface area contributed by atoms with Gasteiger partial charge in [0.1, 0.15) is 18.7 Å². The Morgan fingerprint density at radius 3 is 2.21 bits per heavy atom. The Balaban J connectivity index is 1.31. The van der Waals surface area contributed by atoms with E-state index in [1.165, 1.54) is 7.05 Å². The molecule has 1 saturated heterocycles. The zero-order chi connectivity index (χ0) is 26.7. The first-order valence-corrected chi connectivity index (χ1v) is 12.7. The maximum absolute atomic E-state index is 13.5. The van der Waals surface area contributed by atoms with Crippen molar-refractivity contribution in [1.29, 1.82) is 0 Å². The smallest absolute Gasteiger partial charge is 0.408 e. The second kappa shape index (κ2) is 10.7. The lowest BCUT2D eigenvalue weighted by atomic mass is 9.96. The van der Waals surface area contributed by atoms with Crippen LogP contribution in [0.4, 0.5) is 4.79 Å². The molecule has 1 aliphatic carbocycles. The average molecular weight is 514 g/mol. The van der Waals surface area contributed by atoms with Crippen LogP contribution in [0.15, 0.2) is 78.9 Å². The van der Waals surface area contributed by atoms with Gasteiger partial charge in [0.05, 0.1) is 0 Å². The fourth-order valence-electron chi connectivity index (χ4n) is 5.67. The van der Waals surface area contributed by atoms with Crippen molar-refractivity contribution in [2.45, 2.75) is 24.4 Å². The Bertz CT molecular complexity index is 1300. The second-order valence-corrected chi connectivity index (χ2v) is 10.0. The number of fused-ring (bicyclic) bond motifs is 3. The predicted molar refractivity (Wildman–Crippen MR) is 143 cm³/mol. The van der Waals surface area contributed by atoms with E-state index in [1.807, 2.05) is 66.7 Å². The third-order valence-corrected chi connectivity index (χ3v) is 7.41. The lowest BCUT2D eigenvalue weighted by Crippen LogP contribution is -2.61.